The molecule has 0 aromatic heterocycles. The Balaban J connectivity index is 1.06. The van der Waals surface area contributed by atoms with Crippen molar-refractivity contribution in [3.63, 3.8) is 0 Å². The van der Waals surface area contributed by atoms with Gasteiger partial charge in [-0.15, -0.1) is 0 Å². The molecule has 2 aliphatic heterocycles. The lowest BCUT2D eigenvalue weighted by molar-refractivity contribution is -0.147. The van der Waals surface area contributed by atoms with Crippen molar-refractivity contribution in [1.82, 2.24) is 19.8 Å². The fraction of sp³-hybridized carbons (Fsp3) is 0.894. The van der Waals surface area contributed by atoms with Crippen LogP contribution in [-0.4, -0.2) is 90.0 Å². The predicted octanol–water partition coefficient (Wildman–Crippen LogP) is 6.72. The molecular weight excluding hydrogens is 765 g/mol. The first-order valence-corrected chi connectivity index (χ1v) is 25.2. The topological polar surface area (TPSA) is 150 Å². The van der Waals surface area contributed by atoms with E-state index in [0.717, 1.165) is 90.0 Å². The summed E-state index contributed by atoms with van der Waals surface area (Å²) in [6.07, 6.45) is 14.9. The molecule has 0 radical (unpaired) electrons. The van der Waals surface area contributed by atoms with Crippen LogP contribution in [0.5, 0.6) is 0 Å². The number of fused-ring (bicyclic) bond motifs is 1. The predicted molar refractivity (Wildman–Crippen MR) is 226 cm³/mol. The van der Waals surface area contributed by atoms with Crippen molar-refractivity contribution in [3.8, 4) is 0 Å². The van der Waals surface area contributed by atoms with E-state index < -0.39 is 50.0 Å². The second-order valence-corrected chi connectivity index (χ2v) is 24.7. The fourth-order valence-corrected chi connectivity index (χ4v) is 14.9. The van der Waals surface area contributed by atoms with Gasteiger partial charge in [0, 0.05) is 36.8 Å². The zero-order valence-corrected chi connectivity index (χ0v) is 38.0. The highest BCUT2D eigenvalue weighted by molar-refractivity contribution is 7.90. The zero-order chi connectivity index (χ0) is 42.5. The molecule has 11 nitrogen and oxygen atoms in total. The third kappa shape index (κ3) is 7.45. The van der Waals surface area contributed by atoms with E-state index in [1.165, 1.54) is 0 Å². The molecule has 59 heavy (non-hydrogen) atoms. The summed E-state index contributed by atoms with van der Waals surface area (Å²) in [4.78, 5) is 77.4. The minimum absolute atomic E-state index is 0.0174. The lowest BCUT2D eigenvalue weighted by Gasteiger charge is -2.40. The lowest BCUT2D eigenvalue weighted by Crippen LogP contribution is -2.57. The Hall–Kier alpha value is -2.34. The molecule has 12 heteroatoms. The molecule has 8 rings (SSSR count). The second kappa shape index (κ2) is 15.2. The molecule has 6 aliphatic carbocycles. The number of likely N-dealkylation sites (tertiary alicyclic amines) is 2. The van der Waals surface area contributed by atoms with E-state index in [9.17, 15) is 27.6 Å². The van der Waals surface area contributed by atoms with Gasteiger partial charge in [-0.05, 0) is 131 Å². The maximum Gasteiger partial charge on any atom is 0.240 e. The lowest BCUT2D eigenvalue weighted by atomic mass is 9.73. The second-order valence-electron chi connectivity index (χ2n) is 22.8. The van der Waals surface area contributed by atoms with E-state index in [2.05, 4.69) is 42.6 Å². The van der Waals surface area contributed by atoms with Crippen LogP contribution in [0.1, 0.15) is 170 Å². The van der Waals surface area contributed by atoms with Crippen molar-refractivity contribution >= 4 is 39.3 Å². The molecule has 2 saturated heterocycles. The molecule has 8 fully saturated rings. The van der Waals surface area contributed by atoms with Gasteiger partial charge in [-0.3, -0.25) is 33.6 Å². The molecular formula is C47H74N4O7S. The third-order valence-electron chi connectivity index (χ3n) is 18.0. The first kappa shape index (κ1) is 43.3. The van der Waals surface area contributed by atoms with Crippen LogP contribution in [0.3, 0.4) is 0 Å². The summed E-state index contributed by atoms with van der Waals surface area (Å²) in [5.74, 6) is -1.45. The van der Waals surface area contributed by atoms with Crippen LogP contribution in [0.4, 0.5) is 0 Å². The third-order valence-corrected chi connectivity index (χ3v) is 19.8. The van der Waals surface area contributed by atoms with Crippen LogP contribution in [-0.2, 0) is 34.0 Å². The number of amides is 3. The average molecular weight is 839 g/mol. The number of sulfonamides is 1. The number of rotatable bonds is 15. The Bertz CT molecular complexity index is 1820. The summed E-state index contributed by atoms with van der Waals surface area (Å²) in [6, 6.07) is -1.47. The average Bonchev–Trinajstić information content (AvgIpc) is 3.99. The maximum atomic E-state index is 15.4. The molecule has 330 valence electrons. The monoisotopic (exact) mass is 839 g/mol. The number of carbonyl (C=O) groups is 5. The van der Waals surface area contributed by atoms with E-state index in [1.807, 2.05) is 25.7 Å². The van der Waals surface area contributed by atoms with E-state index in [0.29, 0.717) is 38.1 Å². The van der Waals surface area contributed by atoms with Crippen LogP contribution >= 0.6 is 0 Å². The van der Waals surface area contributed by atoms with Gasteiger partial charge < -0.3 is 10.2 Å². The van der Waals surface area contributed by atoms with Crippen molar-refractivity contribution < 1.29 is 32.4 Å². The Morgan fingerprint density at radius 3 is 2.02 bits per heavy atom. The normalized spacial score (nSPS) is 34.0. The van der Waals surface area contributed by atoms with Gasteiger partial charge in [-0.25, -0.2) is 8.42 Å². The molecule has 0 bridgehead atoms. The Labute approximate surface area is 354 Å². The van der Waals surface area contributed by atoms with Gasteiger partial charge in [0.25, 0.3) is 0 Å². The van der Waals surface area contributed by atoms with E-state index in [4.69, 9.17) is 0 Å². The minimum Gasteiger partial charge on any atom is -0.345 e. The van der Waals surface area contributed by atoms with Crippen molar-refractivity contribution in [2.75, 3.05) is 13.1 Å². The summed E-state index contributed by atoms with van der Waals surface area (Å²) in [5, 5.41) is 2.75. The smallest absolute Gasteiger partial charge is 0.240 e. The van der Waals surface area contributed by atoms with Crippen molar-refractivity contribution in [1.29, 1.82) is 0 Å². The molecule has 3 amide bonds. The molecule has 0 unspecified atom stereocenters. The fourth-order valence-electron chi connectivity index (χ4n) is 13.6. The number of Topliss-reactive ketones (excluding diaryl/α,β-unsaturated/α-hetero) is 2. The Kier molecular flexibility index (Phi) is 11.1. The first-order valence-electron chi connectivity index (χ1n) is 23.7. The van der Waals surface area contributed by atoms with Crippen molar-refractivity contribution in [2.24, 2.45) is 50.7 Å². The SMILES string of the molecule is CC(C)N1CCCC[C@H]1C(=O)N[C@H](C(=O)C[C@H](C(=O)N1C[C@]2(C[C@H]1C(=O)C[C@]1(C(=O)NS(=O)(=O)C3CC3)C[C@H]1C1CC1)C(C)(C)C21CCC1)C(C)(C)C)C1CCCCC1. The highest BCUT2D eigenvalue weighted by Gasteiger charge is 2.85. The number of hydrogen-bond acceptors (Lipinski definition) is 8. The van der Waals surface area contributed by atoms with Gasteiger partial charge in [-0.1, -0.05) is 66.7 Å². The number of carbonyl (C=O) groups excluding carboxylic acids is 5. The van der Waals surface area contributed by atoms with Gasteiger partial charge in [0.05, 0.1) is 28.8 Å². The molecule has 2 heterocycles. The number of hydrogen-bond donors (Lipinski definition) is 2. The quantitative estimate of drug-likeness (QED) is 0.185. The highest BCUT2D eigenvalue weighted by atomic mass is 32.2. The highest BCUT2D eigenvalue weighted by Crippen LogP contribution is 2.88. The van der Waals surface area contributed by atoms with Crippen LogP contribution in [0, 0.1) is 50.7 Å². The van der Waals surface area contributed by atoms with Crippen molar-refractivity contribution in [3.05, 3.63) is 0 Å². The maximum absolute atomic E-state index is 15.4. The summed E-state index contributed by atoms with van der Waals surface area (Å²) < 4.78 is 28.4. The first-order chi connectivity index (χ1) is 27.7. The minimum atomic E-state index is -3.78. The van der Waals surface area contributed by atoms with Crippen molar-refractivity contribution in [2.45, 2.75) is 200 Å². The van der Waals surface area contributed by atoms with E-state index in [-0.39, 0.29) is 76.4 Å². The molecule has 8 aliphatic rings. The van der Waals surface area contributed by atoms with E-state index >= 15 is 4.79 Å². The van der Waals surface area contributed by atoms with Crippen LogP contribution in [0.2, 0.25) is 0 Å². The molecule has 2 spiro atoms. The van der Waals surface area contributed by atoms with Gasteiger partial charge in [0.1, 0.15) is 0 Å². The van der Waals surface area contributed by atoms with Gasteiger partial charge in [-0.2, -0.15) is 0 Å². The Morgan fingerprint density at radius 2 is 1.46 bits per heavy atom. The summed E-state index contributed by atoms with van der Waals surface area (Å²) >= 11 is 0. The molecule has 0 aromatic rings. The zero-order valence-electron chi connectivity index (χ0n) is 37.2. The largest absolute Gasteiger partial charge is 0.345 e. The Morgan fingerprint density at radius 1 is 0.797 bits per heavy atom. The summed E-state index contributed by atoms with van der Waals surface area (Å²) in [6.45, 7) is 16.1. The van der Waals surface area contributed by atoms with Gasteiger partial charge >= 0.3 is 0 Å². The molecule has 2 N–H and O–H groups in total. The number of nitrogens with one attached hydrogen (secondary N) is 2. The van der Waals surface area contributed by atoms with E-state index in [1.54, 1.807) is 0 Å². The number of piperidine rings is 1. The summed E-state index contributed by atoms with van der Waals surface area (Å²) in [7, 11) is -3.78. The van der Waals surface area contributed by atoms with Crippen LogP contribution in [0.25, 0.3) is 0 Å². The summed E-state index contributed by atoms with van der Waals surface area (Å²) in [5.41, 5.74) is -1.92. The van der Waals surface area contributed by atoms with Crippen LogP contribution < -0.4 is 10.0 Å². The number of nitrogens with zero attached hydrogens (tertiary/aromatic N) is 2. The van der Waals surface area contributed by atoms with Crippen LogP contribution in [0.15, 0.2) is 0 Å². The molecule has 0 aromatic carbocycles. The van der Waals surface area contributed by atoms with Gasteiger partial charge in [0.2, 0.25) is 27.7 Å². The standard InChI is InChI=1S/C47H74N4O7S/c1-29(2)50-23-12-11-16-35(50)40(54)48-39(31-14-9-8-10-15-31)37(52)24-33(43(3,4)5)41(55)51-28-47(44(6,7)46(47)21-13-22-46)26-36(51)38(53)27-45(25-34(45)30-17-18-30)42(56)49-59(57,58)32-19-20-32/h29-36,39H,8-28H2,1-7H3,(H,48,54)(H,49,56)/t33-,34+,35+,36+,39+,45-,47-/m1/s1. The number of ketones is 2. The molecule has 7 atom stereocenters. The van der Waals surface area contributed by atoms with Gasteiger partial charge in [0.15, 0.2) is 11.6 Å². The molecule has 6 saturated carbocycles.